The van der Waals surface area contributed by atoms with E-state index in [-0.39, 0.29) is 35.7 Å². The highest BCUT2D eigenvalue weighted by molar-refractivity contribution is 5.98. The van der Waals surface area contributed by atoms with E-state index < -0.39 is 0 Å². The van der Waals surface area contributed by atoms with E-state index in [2.05, 4.69) is 24.1 Å². The van der Waals surface area contributed by atoms with Gasteiger partial charge in [0, 0.05) is 58.0 Å². The number of anilines is 1. The number of benzene rings is 2. The summed E-state index contributed by atoms with van der Waals surface area (Å²) >= 11 is 0. The van der Waals surface area contributed by atoms with Crippen molar-refractivity contribution in [1.82, 2.24) is 9.80 Å². The predicted octanol–water partition coefficient (Wildman–Crippen LogP) is 4.57. The molecule has 2 aromatic rings. The first kappa shape index (κ1) is 27.6. The minimum atomic E-state index is -0.261. The summed E-state index contributed by atoms with van der Waals surface area (Å²) in [5.41, 5.74) is 2.03. The van der Waals surface area contributed by atoms with Crippen LogP contribution in [-0.4, -0.2) is 67.6 Å². The zero-order chi connectivity index (χ0) is 26.2. The van der Waals surface area contributed by atoms with Crippen LogP contribution in [0.3, 0.4) is 0 Å². The van der Waals surface area contributed by atoms with Crippen LogP contribution >= 0.6 is 0 Å². The van der Waals surface area contributed by atoms with Gasteiger partial charge in [0.15, 0.2) is 0 Å². The minimum Gasteiger partial charge on any atom is -0.491 e. The molecule has 0 aliphatic carbocycles. The molecule has 0 bridgehead atoms. The number of carbonyl (C=O) groups is 2. The van der Waals surface area contributed by atoms with Gasteiger partial charge in [0.25, 0.3) is 5.91 Å². The lowest BCUT2D eigenvalue weighted by atomic mass is 10.0. The summed E-state index contributed by atoms with van der Waals surface area (Å²) < 4.78 is 25.5. The van der Waals surface area contributed by atoms with Gasteiger partial charge in [0.05, 0.1) is 11.7 Å². The Bertz CT molecular complexity index is 1030. The third kappa shape index (κ3) is 7.27. The second-order valence-corrected chi connectivity index (χ2v) is 9.66. The maximum absolute atomic E-state index is 13.5. The largest absolute Gasteiger partial charge is 0.491 e. The summed E-state index contributed by atoms with van der Waals surface area (Å²) in [4.78, 5) is 29.4. The average molecular weight is 500 g/mol. The van der Waals surface area contributed by atoms with Crippen LogP contribution in [0.5, 0.6) is 5.75 Å². The van der Waals surface area contributed by atoms with Crippen LogP contribution in [0.2, 0.25) is 0 Å². The lowest BCUT2D eigenvalue weighted by Crippen LogP contribution is -2.46. The first-order chi connectivity index (χ1) is 17.2. The van der Waals surface area contributed by atoms with Crippen LogP contribution in [0.4, 0.5) is 10.1 Å². The van der Waals surface area contributed by atoms with Gasteiger partial charge in [-0.15, -0.1) is 0 Å². The number of ether oxygens (including phenoxy) is 2. The molecule has 0 saturated heterocycles. The lowest BCUT2D eigenvalue weighted by molar-refractivity contribution is -0.116. The Labute approximate surface area is 213 Å². The number of amides is 2. The number of halogens is 1. The molecule has 0 spiro atoms. The number of rotatable bonds is 6. The Kier molecular flexibility index (Phi) is 9.84. The lowest BCUT2D eigenvalue weighted by Gasteiger charge is -2.36. The van der Waals surface area contributed by atoms with E-state index in [4.69, 9.17) is 9.47 Å². The number of hydrogen-bond donors (Lipinski definition) is 1. The quantitative estimate of drug-likeness (QED) is 0.631. The molecule has 1 heterocycles. The summed E-state index contributed by atoms with van der Waals surface area (Å²) in [6.45, 7) is 8.23. The van der Waals surface area contributed by atoms with Crippen molar-refractivity contribution in [2.45, 2.75) is 52.3 Å². The average Bonchev–Trinajstić information content (AvgIpc) is 2.85. The van der Waals surface area contributed by atoms with Crippen molar-refractivity contribution in [2.75, 3.05) is 39.2 Å². The molecule has 0 radical (unpaired) electrons. The molecule has 36 heavy (non-hydrogen) atoms. The number of nitrogens with zero attached hydrogens (tertiary/aromatic N) is 2. The molecule has 0 saturated carbocycles. The molecule has 7 nitrogen and oxygen atoms in total. The standard InChI is InChI=1S/C28H38FN3O4/c1-6-7-27(33)30-23-12-13-24-25(14-23)36-18-20(3)32(16-21-8-10-22(29)11-9-21)15-19(2)26(35-5)17-31(4)28(24)34/h8-14,19-20,26H,6-7,15-18H2,1-5H3,(H,30,33)/t19-,20-,26-/m1/s1. The van der Waals surface area contributed by atoms with E-state index >= 15 is 0 Å². The van der Waals surface area contributed by atoms with Crippen LogP contribution in [0, 0.1) is 11.7 Å². The summed E-state index contributed by atoms with van der Waals surface area (Å²) in [5, 5.41) is 2.88. The molecular formula is C28H38FN3O4. The van der Waals surface area contributed by atoms with Crippen LogP contribution in [0.15, 0.2) is 42.5 Å². The maximum atomic E-state index is 13.5. The summed E-state index contributed by atoms with van der Waals surface area (Å²) in [6, 6.07) is 11.7. The molecule has 1 aliphatic heterocycles. The normalized spacial score (nSPS) is 21.7. The van der Waals surface area contributed by atoms with Gasteiger partial charge in [0.1, 0.15) is 18.2 Å². The van der Waals surface area contributed by atoms with Crippen molar-refractivity contribution in [3.8, 4) is 5.75 Å². The Hall–Kier alpha value is -2.97. The molecule has 3 rings (SSSR count). The molecule has 2 aromatic carbocycles. The highest BCUT2D eigenvalue weighted by atomic mass is 19.1. The molecule has 3 atom stereocenters. The molecule has 8 heteroatoms. The van der Waals surface area contributed by atoms with Crippen molar-refractivity contribution in [3.63, 3.8) is 0 Å². The number of methoxy groups -OCH3 is 1. The second kappa shape index (κ2) is 12.8. The van der Waals surface area contributed by atoms with E-state index in [1.807, 2.05) is 6.92 Å². The van der Waals surface area contributed by atoms with Crippen LogP contribution in [0.1, 0.15) is 49.5 Å². The highest BCUT2D eigenvalue weighted by Crippen LogP contribution is 2.27. The topological polar surface area (TPSA) is 71.1 Å². The van der Waals surface area contributed by atoms with Gasteiger partial charge in [-0.25, -0.2) is 4.39 Å². The number of hydrogen-bond acceptors (Lipinski definition) is 5. The van der Waals surface area contributed by atoms with E-state index in [1.165, 1.54) is 12.1 Å². The van der Waals surface area contributed by atoms with Gasteiger partial charge in [-0.3, -0.25) is 14.5 Å². The first-order valence-electron chi connectivity index (χ1n) is 12.5. The SMILES string of the molecule is CCCC(=O)Nc1ccc2c(c1)OC[C@@H](C)N(Cc1ccc(F)cc1)C[C@@H](C)[C@H](OC)CN(C)C2=O. The van der Waals surface area contributed by atoms with Gasteiger partial charge < -0.3 is 19.7 Å². The summed E-state index contributed by atoms with van der Waals surface area (Å²) in [7, 11) is 3.42. The number of likely N-dealkylation sites (N-methyl/N-ethyl adjacent to an activating group) is 1. The molecule has 1 aliphatic rings. The van der Waals surface area contributed by atoms with Gasteiger partial charge in [-0.1, -0.05) is 26.0 Å². The van der Waals surface area contributed by atoms with E-state index in [1.54, 1.807) is 49.4 Å². The Balaban J connectivity index is 1.92. The van der Waals surface area contributed by atoms with Gasteiger partial charge in [0.2, 0.25) is 5.91 Å². The van der Waals surface area contributed by atoms with Crippen LogP contribution in [0.25, 0.3) is 0 Å². The van der Waals surface area contributed by atoms with Gasteiger partial charge in [-0.05, 0) is 49.1 Å². The zero-order valence-corrected chi connectivity index (χ0v) is 21.9. The molecule has 0 unspecified atom stereocenters. The van der Waals surface area contributed by atoms with Gasteiger partial charge in [-0.2, -0.15) is 0 Å². The van der Waals surface area contributed by atoms with E-state index in [0.717, 1.165) is 12.0 Å². The first-order valence-corrected chi connectivity index (χ1v) is 12.5. The maximum Gasteiger partial charge on any atom is 0.257 e. The smallest absolute Gasteiger partial charge is 0.257 e. The summed E-state index contributed by atoms with van der Waals surface area (Å²) in [6.07, 6.45) is 1.00. The van der Waals surface area contributed by atoms with E-state index in [0.29, 0.717) is 49.7 Å². The van der Waals surface area contributed by atoms with Crippen molar-refractivity contribution in [1.29, 1.82) is 0 Å². The molecule has 0 aromatic heterocycles. The van der Waals surface area contributed by atoms with Crippen LogP contribution < -0.4 is 10.1 Å². The Morgan fingerprint density at radius 2 is 1.89 bits per heavy atom. The Morgan fingerprint density at radius 1 is 1.17 bits per heavy atom. The van der Waals surface area contributed by atoms with Crippen molar-refractivity contribution < 1.29 is 23.5 Å². The fourth-order valence-electron chi connectivity index (χ4n) is 4.42. The monoisotopic (exact) mass is 499 g/mol. The molecule has 2 amide bonds. The fraction of sp³-hybridized carbons (Fsp3) is 0.500. The third-order valence-electron chi connectivity index (χ3n) is 6.64. The third-order valence-corrected chi connectivity index (χ3v) is 6.64. The van der Waals surface area contributed by atoms with Crippen molar-refractivity contribution in [2.24, 2.45) is 5.92 Å². The highest BCUT2D eigenvalue weighted by Gasteiger charge is 2.28. The summed E-state index contributed by atoms with van der Waals surface area (Å²) in [5.74, 6) is 0.0511. The van der Waals surface area contributed by atoms with E-state index in [9.17, 15) is 14.0 Å². The van der Waals surface area contributed by atoms with Crippen molar-refractivity contribution >= 4 is 17.5 Å². The van der Waals surface area contributed by atoms with Crippen LogP contribution in [-0.2, 0) is 16.1 Å². The number of carbonyl (C=O) groups excluding carboxylic acids is 2. The molecule has 196 valence electrons. The molecule has 1 N–H and O–H groups in total. The second-order valence-electron chi connectivity index (χ2n) is 9.66. The molecular weight excluding hydrogens is 461 g/mol. The van der Waals surface area contributed by atoms with Gasteiger partial charge >= 0.3 is 0 Å². The number of nitrogens with one attached hydrogen (secondary N) is 1. The predicted molar refractivity (Wildman–Crippen MR) is 139 cm³/mol. The zero-order valence-electron chi connectivity index (χ0n) is 21.9. The number of fused-ring (bicyclic) bond motifs is 1. The van der Waals surface area contributed by atoms with Crippen molar-refractivity contribution in [3.05, 3.63) is 59.4 Å². The Morgan fingerprint density at radius 3 is 2.56 bits per heavy atom. The fourth-order valence-corrected chi connectivity index (χ4v) is 4.42. The molecule has 0 fully saturated rings. The minimum absolute atomic E-state index is 0.00606.